The third kappa shape index (κ3) is 4.32. The largest absolute Gasteiger partial charge is 0.310 e. The number of nitrogens with zero attached hydrogens (tertiary/aromatic N) is 1. The highest BCUT2D eigenvalue weighted by Crippen LogP contribution is 2.18. The first-order chi connectivity index (χ1) is 9.72. The Morgan fingerprint density at radius 1 is 1.15 bits per heavy atom. The van der Waals surface area contributed by atoms with Crippen LogP contribution in [0.15, 0.2) is 24.3 Å². The average molecular weight is 274 g/mol. The molecule has 1 unspecified atom stereocenters. The number of hydrogen-bond donors (Lipinski definition) is 1. The van der Waals surface area contributed by atoms with Crippen LogP contribution in [0, 0.1) is 5.92 Å². The van der Waals surface area contributed by atoms with Crippen LogP contribution >= 0.6 is 0 Å². The van der Waals surface area contributed by atoms with Gasteiger partial charge in [-0.1, -0.05) is 38.1 Å². The first-order valence-electron chi connectivity index (χ1n) is 8.27. The first kappa shape index (κ1) is 15.5. The van der Waals surface area contributed by atoms with Crippen molar-refractivity contribution in [2.75, 3.05) is 26.2 Å². The van der Waals surface area contributed by atoms with E-state index in [-0.39, 0.29) is 0 Å². The molecular formula is C18H30N2. The van der Waals surface area contributed by atoms with Gasteiger partial charge in [-0.25, -0.2) is 0 Å². The summed E-state index contributed by atoms with van der Waals surface area (Å²) in [5.41, 5.74) is 2.83. The fourth-order valence-electron chi connectivity index (χ4n) is 3.01. The Balaban J connectivity index is 1.75. The molecule has 1 heterocycles. The molecule has 0 spiro atoms. The number of aryl methyl sites for hydroxylation is 1. The molecule has 2 nitrogen and oxygen atoms in total. The van der Waals surface area contributed by atoms with Crippen molar-refractivity contribution in [2.45, 2.75) is 46.1 Å². The van der Waals surface area contributed by atoms with Gasteiger partial charge in [0.05, 0.1) is 0 Å². The van der Waals surface area contributed by atoms with Crippen LogP contribution in [0.2, 0.25) is 0 Å². The lowest BCUT2D eigenvalue weighted by molar-refractivity contribution is 0.188. The lowest BCUT2D eigenvalue weighted by Crippen LogP contribution is -2.37. The van der Waals surface area contributed by atoms with Crippen molar-refractivity contribution < 1.29 is 0 Å². The second-order valence-electron chi connectivity index (χ2n) is 6.10. The normalized spacial score (nSPS) is 19.1. The molecule has 0 bridgehead atoms. The Morgan fingerprint density at radius 2 is 1.80 bits per heavy atom. The Kier molecular flexibility index (Phi) is 6.06. The summed E-state index contributed by atoms with van der Waals surface area (Å²) in [5.74, 6) is 0.857. The lowest BCUT2D eigenvalue weighted by Gasteiger charge is -2.31. The van der Waals surface area contributed by atoms with Gasteiger partial charge < -0.3 is 10.2 Å². The topological polar surface area (TPSA) is 15.3 Å². The van der Waals surface area contributed by atoms with Crippen molar-refractivity contribution >= 4 is 0 Å². The van der Waals surface area contributed by atoms with Gasteiger partial charge in [0, 0.05) is 6.04 Å². The van der Waals surface area contributed by atoms with Crippen LogP contribution in [0.4, 0.5) is 0 Å². The summed E-state index contributed by atoms with van der Waals surface area (Å²) in [6.45, 7) is 11.7. The zero-order valence-electron chi connectivity index (χ0n) is 13.4. The van der Waals surface area contributed by atoms with Crippen LogP contribution in [0.5, 0.6) is 0 Å². The molecule has 1 saturated heterocycles. The summed E-state index contributed by atoms with van der Waals surface area (Å²) >= 11 is 0. The SMILES string of the molecule is CCc1ccc(C(C)NCC2CCN(CC)CC2)cc1. The highest BCUT2D eigenvalue weighted by atomic mass is 15.1. The van der Waals surface area contributed by atoms with Gasteiger partial charge in [-0.2, -0.15) is 0 Å². The first-order valence-corrected chi connectivity index (χ1v) is 8.27. The number of hydrogen-bond acceptors (Lipinski definition) is 2. The Bertz CT molecular complexity index is 377. The predicted octanol–water partition coefficient (Wildman–Crippen LogP) is 3.63. The summed E-state index contributed by atoms with van der Waals surface area (Å²) < 4.78 is 0. The smallest absolute Gasteiger partial charge is 0.0291 e. The Hall–Kier alpha value is -0.860. The fraction of sp³-hybridized carbons (Fsp3) is 0.667. The molecule has 0 amide bonds. The molecule has 0 saturated carbocycles. The minimum atomic E-state index is 0.463. The van der Waals surface area contributed by atoms with Gasteiger partial charge in [0.2, 0.25) is 0 Å². The van der Waals surface area contributed by atoms with Gasteiger partial charge in [-0.05, 0) is 69.4 Å². The average Bonchev–Trinajstić information content (AvgIpc) is 2.53. The maximum absolute atomic E-state index is 3.72. The monoisotopic (exact) mass is 274 g/mol. The van der Waals surface area contributed by atoms with E-state index in [0.29, 0.717) is 6.04 Å². The molecule has 20 heavy (non-hydrogen) atoms. The van der Waals surface area contributed by atoms with Crippen molar-refractivity contribution in [3.05, 3.63) is 35.4 Å². The van der Waals surface area contributed by atoms with E-state index in [1.165, 1.54) is 43.6 Å². The Morgan fingerprint density at radius 3 is 2.35 bits per heavy atom. The van der Waals surface area contributed by atoms with Gasteiger partial charge in [-0.3, -0.25) is 0 Å². The lowest BCUT2D eigenvalue weighted by atomic mass is 9.96. The van der Waals surface area contributed by atoms with Crippen molar-refractivity contribution in [3.8, 4) is 0 Å². The van der Waals surface area contributed by atoms with Gasteiger partial charge in [0.15, 0.2) is 0 Å². The van der Waals surface area contributed by atoms with Gasteiger partial charge in [0.1, 0.15) is 0 Å². The van der Waals surface area contributed by atoms with E-state index >= 15 is 0 Å². The summed E-state index contributed by atoms with van der Waals surface area (Å²) in [6.07, 6.45) is 3.82. The molecule has 112 valence electrons. The summed E-state index contributed by atoms with van der Waals surface area (Å²) in [7, 11) is 0. The van der Waals surface area contributed by atoms with Gasteiger partial charge in [0.25, 0.3) is 0 Å². The molecule has 0 radical (unpaired) electrons. The molecular weight excluding hydrogens is 244 g/mol. The minimum absolute atomic E-state index is 0.463. The van der Waals surface area contributed by atoms with E-state index in [1.807, 2.05) is 0 Å². The van der Waals surface area contributed by atoms with Crippen molar-refractivity contribution in [1.29, 1.82) is 0 Å². The van der Waals surface area contributed by atoms with Crippen LogP contribution in [0.25, 0.3) is 0 Å². The number of benzene rings is 1. The van der Waals surface area contributed by atoms with E-state index in [9.17, 15) is 0 Å². The van der Waals surface area contributed by atoms with Crippen molar-refractivity contribution in [3.63, 3.8) is 0 Å². The van der Waals surface area contributed by atoms with Gasteiger partial charge in [-0.15, -0.1) is 0 Å². The molecule has 0 aromatic heterocycles. The molecule has 1 aromatic rings. The molecule has 1 fully saturated rings. The van der Waals surface area contributed by atoms with E-state index in [4.69, 9.17) is 0 Å². The Labute approximate surface area is 124 Å². The molecule has 1 atom stereocenters. The summed E-state index contributed by atoms with van der Waals surface area (Å²) in [4.78, 5) is 2.56. The fourth-order valence-corrected chi connectivity index (χ4v) is 3.01. The second-order valence-corrected chi connectivity index (χ2v) is 6.10. The summed E-state index contributed by atoms with van der Waals surface area (Å²) in [6, 6.07) is 9.53. The molecule has 1 aromatic carbocycles. The molecule has 2 heteroatoms. The zero-order chi connectivity index (χ0) is 14.4. The van der Waals surface area contributed by atoms with Gasteiger partial charge >= 0.3 is 0 Å². The van der Waals surface area contributed by atoms with E-state index in [2.05, 4.69) is 55.3 Å². The number of piperidine rings is 1. The van der Waals surface area contributed by atoms with Crippen LogP contribution in [-0.4, -0.2) is 31.1 Å². The van der Waals surface area contributed by atoms with E-state index < -0.39 is 0 Å². The second kappa shape index (κ2) is 7.80. The van der Waals surface area contributed by atoms with Crippen LogP contribution in [0.3, 0.4) is 0 Å². The van der Waals surface area contributed by atoms with E-state index in [0.717, 1.165) is 18.9 Å². The summed E-state index contributed by atoms with van der Waals surface area (Å²) in [5, 5.41) is 3.72. The quantitative estimate of drug-likeness (QED) is 0.852. The number of nitrogens with one attached hydrogen (secondary N) is 1. The zero-order valence-corrected chi connectivity index (χ0v) is 13.4. The molecule has 1 aliphatic heterocycles. The standard InChI is InChI=1S/C18H30N2/c1-4-16-6-8-18(9-7-16)15(3)19-14-17-10-12-20(5-2)13-11-17/h6-9,15,17,19H,4-5,10-14H2,1-3H3. The highest BCUT2D eigenvalue weighted by Gasteiger charge is 2.18. The molecule has 1 aliphatic rings. The van der Waals surface area contributed by atoms with Crippen LogP contribution < -0.4 is 5.32 Å². The van der Waals surface area contributed by atoms with Crippen molar-refractivity contribution in [2.24, 2.45) is 5.92 Å². The third-order valence-electron chi connectivity index (χ3n) is 4.76. The molecule has 1 N–H and O–H groups in total. The highest BCUT2D eigenvalue weighted by molar-refractivity contribution is 5.24. The third-order valence-corrected chi connectivity index (χ3v) is 4.76. The molecule has 0 aliphatic carbocycles. The maximum Gasteiger partial charge on any atom is 0.0291 e. The van der Waals surface area contributed by atoms with E-state index in [1.54, 1.807) is 0 Å². The van der Waals surface area contributed by atoms with Crippen LogP contribution in [0.1, 0.15) is 50.8 Å². The van der Waals surface area contributed by atoms with Crippen molar-refractivity contribution in [1.82, 2.24) is 10.2 Å². The van der Waals surface area contributed by atoms with Crippen LogP contribution in [-0.2, 0) is 6.42 Å². The minimum Gasteiger partial charge on any atom is -0.310 e. The number of likely N-dealkylation sites (tertiary alicyclic amines) is 1. The molecule has 2 rings (SSSR count). The number of rotatable bonds is 6. The maximum atomic E-state index is 3.72. The predicted molar refractivity (Wildman–Crippen MR) is 87.1 cm³/mol.